The Hall–Kier alpha value is -0.680. The van der Waals surface area contributed by atoms with Crippen molar-refractivity contribution in [1.29, 1.82) is 0 Å². The molecule has 132 valence electrons. The third kappa shape index (κ3) is 7.17. The van der Waals surface area contributed by atoms with Crippen molar-refractivity contribution in [3.8, 4) is 0 Å². The Morgan fingerprint density at radius 2 is 1.30 bits per heavy atom. The molecule has 1 aromatic carbocycles. The summed E-state index contributed by atoms with van der Waals surface area (Å²) in [5.74, 6) is 0. The zero-order chi connectivity index (χ0) is 18.1. The van der Waals surface area contributed by atoms with Gasteiger partial charge < -0.3 is 9.05 Å². The zero-order valence-electron chi connectivity index (χ0n) is 14.9. The van der Waals surface area contributed by atoms with Crippen molar-refractivity contribution in [2.75, 3.05) is 5.49 Å². The first kappa shape index (κ1) is 20.4. The predicted octanol–water partition coefficient (Wildman–Crippen LogP) is 4.55. The van der Waals surface area contributed by atoms with Crippen LogP contribution in [0.1, 0.15) is 47.1 Å². The van der Waals surface area contributed by atoms with Gasteiger partial charge in [0.15, 0.2) is 15.3 Å². The molecule has 0 aliphatic heterocycles. The molecule has 23 heavy (non-hydrogen) atoms. The molecular weight excluding hydrogens is 335 g/mol. The molecule has 0 heterocycles. The van der Waals surface area contributed by atoms with Crippen LogP contribution in [0.25, 0.3) is 0 Å². The van der Waals surface area contributed by atoms with Crippen molar-refractivity contribution in [2.24, 2.45) is 0 Å². The fourth-order valence-corrected chi connectivity index (χ4v) is 6.87. The van der Waals surface area contributed by atoms with E-state index in [0.29, 0.717) is 0 Å². The quantitative estimate of drug-likeness (QED) is 0.719. The van der Waals surface area contributed by atoms with E-state index in [9.17, 15) is 13.0 Å². The average Bonchev–Trinajstić information content (AvgIpc) is 2.21. The summed E-state index contributed by atoms with van der Waals surface area (Å²) in [6.07, 6.45) is 0. The molecule has 0 saturated carbocycles. The number of sulfone groups is 1. The van der Waals surface area contributed by atoms with Gasteiger partial charge in [-0.15, -0.1) is 0 Å². The minimum Gasteiger partial charge on any atom is -0.302 e. The van der Waals surface area contributed by atoms with Gasteiger partial charge in [0.2, 0.25) is 0 Å². The summed E-state index contributed by atoms with van der Waals surface area (Å²) >= 11 is 0. The normalized spacial score (nSPS) is 14.0. The molecule has 0 amide bonds. The van der Waals surface area contributed by atoms with Gasteiger partial charge in [0.25, 0.3) is 0 Å². The molecule has 0 aliphatic rings. The summed E-state index contributed by atoms with van der Waals surface area (Å²) in [5, 5.41) is 0. The minimum absolute atomic E-state index is 0.110. The molecule has 0 aromatic heterocycles. The highest BCUT2D eigenvalue weighted by Gasteiger charge is 2.40. The summed E-state index contributed by atoms with van der Waals surface area (Å²) in [7, 11) is -7.64. The smallest absolute Gasteiger partial charge is 0.302 e. The van der Waals surface area contributed by atoms with Gasteiger partial charge in [0.1, 0.15) is 0 Å². The Balaban J connectivity index is 3.18. The fraction of sp³-hybridized carbons (Fsp3) is 0.625. The van der Waals surface area contributed by atoms with E-state index in [-0.39, 0.29) is 4.90 Å². The Kier molecular flexibility index (Phi) is 5.91. The van der Waals surface area contributed by atoms with E-state index in [4.69, 9.17) is 9.05 Å². The highest BCUT2D eigenvalue weighted by Crippen LogP contribution is 2.55. The van der Waals surface area contributed by atoms with Crippen molar-refractivity contribution >= 4 is 17.4 Å². The first-order valence-corrected chi connectivity index (χ1v) is 10.8. The van der Waals surface area contributed by atoms with Crippen molar-refractivity contribution < 1.29 is 22.0 Å². The number of aryl methyl sites for hydroxylation is 1. The van der Waals surface area contributed by atoms with Crippen LogP contribution in [0.15, 0.2) is 29.2 Å². The van der Waals surface area contributed by atoms with E-state index >= 15 is 0 Å². The van der Waals surface area contributed by atoms with Gasteiger partial charge >= 0.3 is 7.60 Å². The van der Waals surface area contributed by atoms with E-state index in [0.717, 1.165) is 5.56 Å². The molecule has 0 radical (unpaired) electrons. The van der Waals surface area contributed by atoms with Crippen molar-refractivity contribution in [3.05, 3.63) is 29.8 Å². The van der Waals surface area contributed by atoms with Crippen LogP contribution in [-0.4, -0.2) is 25.1 Å². The fourth-order valence-electron chi connectivity index (χ4n) is 1.93. The Bertz CT molecular complexity index is 659. The number of hydrogen-bond acceptors (Lipinski definition) is 5. The van der Waals surface area contributed by atoms with E-state index in [1.807, 2.05) is 6.92 Å². The summed E-state index contributed by atoms with van der Waals surface area (Å²) in [6, 6.07) is 6.41. The maximum absolute atomic E-state index is 13.1. The predicted molar refractivity (Wildman–Crippen MR) is 92.5 cm³/mol. The molecule has 0 unspecified atom stereocenters. The largest absolute Gasteiger partial charge is 0.347 e. The lowest BCUT2D eigenvalue weighted by atomic mass is 10.2. The summed E-state index contributed by atoms with van der Waals surface area (Å²) in [4.78, 5) is 0.110. The van der Waals surface area contributed by atoms with E-state index in [1.54, 1.807) is 53.7 Å². The molecule has 0 bridgehead atoms. The lowest BCUT2D eigenvalue weighted by Crippen LogP contribution is -2.26. The van der Waals surface area contributed by atoms with Crippen LogP contribution in [0.5, 0.6) is 0 Å². The van der Waals surface area contributed by atoms with Gasteiger partial charge in [-0.2, -0.15) is 0 Å². The Morgan fingerprint density at radius 3 is 1.65 bits per heavy atom. The summed E-state index contributed by atoms with van der Waals surface area (Å²) in [5.41, 5.74) is -1.31. The minimum atomic E-state index is -3.85. The second-order valence-electron chi connectivity index (χ2n) is 7.58. The van der Waals surface area contributed by atoms with Gasteiger partial charge in [-0.3, -0.25) is 4.57 Å². The lowest BCUT2D eigenvalue weighted by Gasteiger charge is -2.31. The number of benzene rings is 1. The molecule has 1 aromatic rings. The maximum Gasteiger partial charge on any atom is 0.347 e. The molecule has 1 rings (SSSR count). The van der Waals surface area contributed by atoms with E-state index in [2.05, 4.69) is 0 Å². The molecule has 0 atom stereocenters. The van der Waals surface area contributed by atoms with Gasteiger partial charge in [0.05, 0.1) is 16.1 Å². The third-order valence-electron chi connectivity index (χ3n) is 2.53. The van der Waals surface area contributed by atoms with Crippen molar-refractivity contribution in [3.63, 3.8) is 0 Å². The average molecular weight is 362 g/mol. The van der Waals surface area contributed by atoms with Gasteiger partial charge in [0, 0.05) is 0 Å². The molecule has 0 fully saturated rings. The zero-order valence-corrected chi connectivity index (χ0v) is 16.6. The molecule has 0 aliphatic carbocycles. The first-order chi connectivity index (χ1) is 10.1. The summed E-state index contributed by atoms with van der Waals surface area (Å²) < 4.78 is 49.3. The Morgan fingerprint density at radius 1 is 0.913 bits per heavy atom. The SMILES string of the molecule is Cc1ccc(S(=O)(=O)CP(=O)(OC(C)(C)C)OC(C)(C)C)cc1. The second-order valence-corrected chi connectivity index (χ2v) is 11.9. The molecule has 0 spiro atoms. The van der Waals surface area contributed by atoms with Crippen molar-refractivity contribution in [2.45, 2.75) is 64.6 Å². The number of rotatable bonds is 5. The highest BCUT2D eigenvalue weighted by molar-refractivity contribution is 7.97. The van der Waals surface area contributed by atoms with E-state index < -0.39 is 34.1 Å². The molecular formula is C16H27O5PS. The highest BCUT2D eigenvalue weighted by atomic mass is 32.2. The van der Waals surface area contributed by atoms with Gasteiger partial charge in [-0.05, 0) is 60.6 Å². The van der Waals surface area contributed by atoms with Crippen molar-refractivity contribution in [1.82, 2.24) is 0 Å². The van der Waals surface area contributed by atoms with Crippen LogP contribution >= 0.6 is 7.60 Å². The van der Waals surface area contributed by atoms with Gasteiger partial charge in [-0.25, -0.2) is 8.42 Å². The third-order valence-corrected chi connectivity index (χ3v) is 7.80. The molecule has 5 nitrogen and oxygen atoms in total. The topological polar surface area (TPSA) is 69.7 Å². The standard InChI is InChI=1S/C16H27O5PS/c1-13-8-10-14(11-9-13)23(18,19)12-22(17,20-15(2,3)4)21-16(5,6)7/h8-11H,12H2,1-7H3. The number of hydrogen-bond donors (Lipinski definition) is 0. The Labute approximate surface area is 139 Å². The first-order valence-electron chi connectivity index (χ1n) is 7.42. The van der Waals surface area contributed by atoms with Crippen LogP contribution in [-0.2, 0) is 23.4 Å². The molecule has 0 saturated heterocycles. The van der Waals surface area contributed by atoms with Crippen LogP contribution in [0.2, 0.25) is 0 Å². The molecule has 0 N–H and O–H groups in total. The van der Waals surface area contributed by atoms with Crippen LogP contribution in [0.3, 0.4) is 0 Å². The summed E-state index contributed by atoms with van der Waals surface area (Å²) in [6.45, 7) is 12.1. The molecule has 7 heteroatoms. The maximum atomic E-state index is 13.1. The van der Waals surface area contributed by atoms with E-state index in [1.165, 1.54) is 12.1 Å². The van der Waals surface area contributed by atoms with Crippen LogP contribution in [0, 0.1) is 6.92 Å². The lowest BCUT2D eigenvalue weighted by molar-refractivity contribution is 0.0512. The van der Waals surface area contributed by atoms with Crippen LogP contribution < -0.4 is 0 Å². The second kappa shape index (κ2) is 6.67. The monoisotopic (exact) mass is 362 g/mol. The van der Waals surface area contributed by atoms with Crippen LogP contribution in [0.4, 0.5) is 0 Å². The van der Waals surface area contributed by atoms with Gasteiger partial charge in [-0.1, -0.05) is 17.7 Å².